The van der Waals surface area contributed by atoms with Gasteiger partial charge in [0, 0.05) is 43.8 Å². The zero-order valence-corrected chi connectivity index (χ0v) is 28.8. The Balaban J connectivity index is 0.000000229. The molecule has 5 heterocycles. The van der Waals surface area contributed by atoms with Crippen molar-refractivity contribution in [3.05, 3.63) is 97.1 Å². The number of hydrogen-bond donors (Lipinski definition) is 2. The molecule has 8 nitrogen and oxygen atoms in total. The topological polar surface area (TPSA) is 109 Å². The minimum absolute atomic E-state index is 0.597. The summed E-state index contributed by atoms with van der Waals surface area (Å²) in [7, 11) is -31.3. The quantitative estimate of drug-likeness (QED) is 0.147. The number of halogens is 16. The van der Waals surface area contributed by atoms with Crippen LogP contribution in [-0.2, 0) is 8.17 Å². The molecule has 7 aromatic rings. The van der Waals surface area contributed by atoms with E-state index in [9.17, 15) is 54.5 Å². The molecule has 0 radical (unpaired) electrons. The van der Waals surface area contributed by atoms with E-state index in [0.29, 0.717) is 45.9 Å². The maximum absolute atomic E-state index is 31.3. The van der Waals surface area contributed by atoms with Gasteiger partial charge in [-0.15, -0.1) is 0 Å². The van der Waals surface area contributed by atoms with Crippen molar-refractivity contribution in [3.8, 4) is 45.6 Å². The Labute approximate surface area is 289 Å². The van der Waals surface area contributed by atoms with Crippen molar-refractivity contribution in [1.82, 2.24) is 39.9 Å². The van der Waals surface area contributed by atoms with Gasteiger partial charge >= 0.3 is 62.7 Å². The molecular weight excluding hydrogens is 851 g/mol. The van der Waals surface area contributed by atoms with Crippen LogP contribution >= 0.6 is 0 Å². The Morgan fingerprint density at radius 2 is 0.456 bits per heavy atom. The van der Waals surface area contributed by atoms with Gasteiger partial charge in [0.05, 0.1) is 0 Å². The normalized spacial score (nSPS) is 27.2. The number of nitrogens with one attached hydrogen (secondary N) is 2. The number of rotatable bonds is 0. The Morgan fingerprint density at radius 1 is 0.281 bits per heavy atom. The molecule has 0 unspecified atom stereocenters. The molecule has 8 bridgehead atoms. The molecule has 2 aliphatic rings. The monoisotopic (exact) mass is 869 g/mol. The summed E-state index contributed by atoms with van der Waals surface area (Å²) >= 11 is 0. The second-order valence-corrected chi connectivity index (χ2v) is 41.4. The molecule has 25 heteroatoms. The van der Waals surface area contributed by atoms with Crippen LogP contribution in [0.3, 0.4) is 0 Å². The summed E-state index contributed by atoms with van der Waals surface area (Å²) in [6.07, 6.45) is 0. The molecular formula is C32H18F16N8V. The SMILES string of the molecule is [F][V]([F])([F])([F])([F])([F])([F])([F])([F])([F])([F])([F])([F])([F])([F])[F].c1ccc2c(c1)-c1nc-2nc2[nH]c(nc3nc(nc4[nH]c(n1)c1ccccc41)-c1ccccc1-3)c1ccccc21. The van der Waals surface area contributed by atoms with Gasteiger partial charge in [-0.05, 0) is 0 Å². The molecule has 0 fully saturated rings. The van der Waals surface area contributed by atoms with Crippen LogP contribution in [0, 0.1) is 0 Å². The Kier molecular flexibility index (Phi) is 2.26. The molecule has 0 saturated heterocycles. The van der Waals surface area contributed by atoms with Gasteiger partial charge in [-0.2, -0.15) is 0 Å². The molecule has 303 valence electrons. The Bertz CT molecular complexity index is 3470. The fourth-order valence-corrected chi connectivity index (χ4v) is 5.59. The van der Waals surface area contributed by atoms with Gasteiger partial charge in [0.25, 0.3) is 0 Å². The molecule has 57 heavy (non-hydrogen) atoms. The second kappa shape index (κ2) is 3.42. The van der Waals surface area contributed by atoms with E-state index in [0.717, 1.165) is 43.8 Å². The van der Waals surface area contributed by atoms with E-state index in [1.807, 2.05) is 97.1 Å². The smallest absolute Gasteiger partial charge is 0.164 e. The molecule has 2 N–H and O–H groups in total. The van der Waals surface area contributed by atoms with Gasteiger partial charge in [-0.3, -0.25) is 0 Å². The third kappa shape index (κ3) is 10.9. The number of benzene rings is 4. The first-order valence-corrected chi connectivity index (χ1v) is 24.1. The van der Waals surface area contributed by atoms with E-state index in [1.165, 1.54) is 0 Å². The number of H-pyrrole nitrogens is 2. The van der Waals surface area contributed by atoms with Gasteiger partial charge < -0.3 is 9.97 Å². The van der Waals surface area contributed by atoms with Crippen LogP contribution in [0.2, 0.25) is 0 Å². The van der Waals surface area contributed by atoms with Gasteiger partial charge in [0.2, 0.25) is 0 Å². The number of hydrogen-bond acceptors (Lipinski definition) is 6. The largest absolute Gasteiger partial charge is 0.324 e. The van der Waals surface area contributed by atoms with Crippen molar-refractivity contribution in [1.29, 1.82) is 0 Å². The minimum Gasteiger partial charge on any atom is -0.324 e. The summed E-state index contributed by atoms with van der Waals surface area (Å²) in [5.41, 5.74) is 6.45. The molecule has 0 amide bonds. The van der Waals surface area contributed by atoms with E-state index in [2.05, 4.69) is 9.97 Å². The summed E-state index contributed by atoms with van der Waals surface area (Å²) in [6.45, 7) is 0. The van der Waals surface area contributed by atoms with Crippen LogP contribution in [0.5, 0.6) is 0 Å². The first-order chi connectivity index (χ1) is 23.8. The third-order valence-corrected chi connectivity index (χ3v) is 7.46. The van der Waals surface area contributed by atoms with Gasteiger partial charge in [0.1, 0.15) is 22.6 Å². The fraction of sp³-hybridized carbons (Fsp3) is 0. The van der Waals surface area contributed by atoms with Crippen molar-refractivity contribution in [2.24, 2.45) is 0 Å². The predicted octanol–water partition coefficient (Wildman–Crippen LogP) is 13.6. The van der Waals surface area contributed by atoms with Crippen LogP contribution in [0.25, 0.3) is 89.7 Å². The first kappa shape index (κ1) is 37.6. The molecule has 0 saturated carbocycles. The van der Waals surface area contributed by atoms with Crippen molar-refractivity contribution < 1.29 is 62.7 Å². The van der Waals surface area contributed by atoms with Crippen molar-refractivity contribution in [2.75, 3.05) is 0 Å². The van der Waals surface area contributed by atoms with E-state index < -0.39 is 8.17 Å². The van der Waals surface area contributed by atoms with Crippen molar-refractivity contribution in [3.63, 3.8) is 0 Å². The van der Waals surface area contributed by atoms with Crippen LogP contribution in [-0.4, -0.2) is 39.9 Å². The molecule has 9 rings (SSSR count). The molecule has 0 spiro atoms. The maximum Gasteiger partial charge on any atom is 0.164 e. The van der Waals surface area contributed by atoms with Crippen LogP contribution in [0.15, 0.2) is 97.1 Å². The predicted molar refractivity (Wildman–Crippen MR) is 174 cm³/mol. The molecule has 2 aliphatic heterocycles. The van der Waals surface area contributed by atoms with E-state index >= 15 is 0 Å². The maximum atomic E-state index is 9.96. The van der Waals surface area contributed by atoms with Gasteiger partial charge in [-0.1, -0.05) is 97.1 Å². The van der Waals surface area contributed by atoms with Gasteiger partial charge in [0.15, 0.2) is 23.3 Å². The number of aromatic nitrogens is 8. The van der Waals surface area contributed by atoms with Gasteiger partial charge in [-0.25, -0.2) is 29.9 Å². The van der Waals surface area contributed by atoms with Crippen LogP contribution in [0.4, 0.5) is 54.5 Å². The Hall–Kier alpha value is -6.30. The first-order valence-electron chi connectivity index (χ1n) is 15.7. The summed E-state index contributed by atoms with van der Waals surface area (Å²) < 4.78 is 159. The molecule has 3 aromatic heterocycles. The van der Waals surface area contributed by atoms with Crippen LogP contribution < -0.4 is 0 Å². The van der Waals surface area contributed by atoms with E-state index in [1.54, 1.807) is 0 Å². The number of fused-ring (bicyclic) bond motifs is 20. The zero-order valence-electron chi connectivity index (χ0n) is 27.4. The Morgan fingerprint density at radius 3 is 0.649 bits per heavy atom. The summed E-state index contributed by atoms with van der Waals surface area (Å²) in [4.78, 5) is 36.8. The minimum atomic E-state index is -31.3. The third-order valence-electron chi connectivity index (χ3n) is 7.46. The van der Waals surface area contributed by atoms with Crippen LogP contribution in [0.1, 0.15) is 0 Å². The number of nitrogens with zero attached hydrogens (tertiary/aromatic N) is 6. The molecule has 0 atom stereocenters. The standard InChI is InChI=1S/C32H18N8.16FH.V/c1-2-10-18-17(9-1)25-33-26(18)38-28-21-13-5-6-14-22(21)30(35-28)40-32-24-16-8-7-15-23(24)31(36-32)39-29-20-12-4-3-11-19(20)27(34-29)37-25;;;;;;;;;;;;;;;;;/h1-16H,(H2,33,34,35,36,37,38,39,40);16*1H;/q;;;;;;;;;;;;;;;;;+16/p-16. The van der Waals surface area contributed by atoms with E-state index in [-0.39, 0.29) is 0 Å². The fourth-order valence-electron chi connectivity index (χ4n) is 5.59. The number of aromatic amines is 2. The average Bonchev–Trinajstić information content (AvgIpc) is 3.74. The van der Waals surface area contributed by atoms with E-state index in [4.69, 9.17) is 29.9 Å². The average molecular weight is 869 g/mol. The summed E-state index contributed by atoms with van der Waals surface area (Å²) in [6, 6.07) is 32.2. The summed E-state index contributed by atoms with van der Waals surface area (Å²) in [5.74, 6) is 2.39. The molecule has 4 aromatic carbocycles. The van der Waals surface area contributed by atoms with Crippen molar-refractivity contribution in [2.45, 2.75) is 0 Å². The summed E-state index contributed by atoms with van der Waals surface area (Å²) in [5, 5.41) is 3.82. The molecule has 0 aliphatic carbocycles. The van der Waals surface area contributed by atoms with Crippen molar-refractivity contribution >= 4 is 44.1 Å². The second-order valence-electron chi connectivity index (χ2n) is 17.5. The zero-order chi connectivity index (χ0) is 42.5.